The molecule has 0 N–H and O–H groups in total. The lowest BCUT2D eigenvalue weighted by Gasteiger charge is -2.19. The minimum absolute atomic E-state index is 0.0885. The van der Waals surface area contributed by atoms with Crippen molar-refractivity contribution < 1.29 is 4.79 Å². The Morgan fingerprint density at radius 1 is 1.04 bits per heavy atom. The number of pyridine rings is 1. The van der Waals surface area contributed by atoms with Gasteiger partial charge in [0.2, 0.25) is 0 Å². The van der Waals surface area contributed by atoms with Crippen LogP contribution in [0.25, 0.3) is 10.2 Å². The van der Waals surface area contributed by atoms with Crippen molar-refractivity contribution in [1.82, 2.24) is 9.97 Å². The number of carbonyl (C=O) groups excluding carboxylic acids is 1. The number of thiazole rings is 1. The SMILES string of the molecule is O=C(c1ccccc1)N(Cc1ccccn1)c1nc2ccc(Br)cc2s1. The second-order valence-corrected chi connectivity index (χ2v) is 7.61. The van der Waals surface area contributed by atoms with E-state index in [0.717, 1.165) is 20.4 Å². The molecule has 2 aromatic heterocycles. The number of hydrogen-bond acceptors (Lipinski definition) is 4. The van der Waals surface area contributed by atoms with E-state index in [1.807, 2.05) is 66.7 Å². The van der Waals surface area contributed by atoms with E-state index in [2.05, 4.69) is 25.9 Å². The van der Waals surface area contributed by atoms with Gasteiger partial charge in [0, 0.05) is 16.2 Å². The van der Waals surface area contributed by atoms with Gasteiger partial charge in [0.1, 0.15) is 0 Å². The number of anilines is 1. The van der Waals surface area contributed by atoms with E-state index in [9.17, 15) is 4.79 Å². The van der Waals surface area contributed by atoms with E-state index in [1.165, 1.54) is 11.3 Å². The summed E-state index contributed by atoms with van der Waals surface area (Å²) in [6.45, 7) is 0.371. The fraction of sp³-hybridized carbons (Fsp3) is 0.0500. The van der Waals surface area contributed by atoms with E-state index in [-0.39, 0.29) is 5.91 Å². The summed E-state index contributed by atoms with van der Waals surface area (Å²) in [7, 11) is 0. The summed E-state index contributed by atoms with van der Waals surface area (Å²) in [6.07, 6.45) is 1.73. The summed E-state index contributed by atoms with van der Waals surface area (Å²) in [5.74, 6) is -0.0885. The van der Waals surface area contributed by atoms with Crippen molar-refractivity contribution in [2.45, 2.75) is 6.54 Å². The standard InChI is InChI=1S/C20H14BrN3OS/c21-15-9-10-17-18(12-15)26-20(23-17)24(13-16-8-4-5-11-22-16)19(25)14-6-2-1-3-7-14/h1-12H,13H2. The molecule has 0 radical (unpaired) electrons. The summed E-state index contributed by atoms with van der Waals surface area (Å²) < 4.78 is 2.02. The first kappa shape index (κ1) is 16.9. The first-order valence-electron chi connectivity index (χ1n) is 8.03. The van der Waals surface area contributed by atoms with Gasteiger partial charge >= 0.3 is 0 Å². The predicted octanol–water partition coefficient (Wildman–Crippen LogP) is 5.30. The van der Waals surface area contributed by atoms with Gasteiger partial charge in [0.25, 0.3) is 5.91 Å². The fourth-order valence-corrected chi connectivity index (χ4v) is 4.13. The van der Waals surface area contributed by atoms with Crippen molar-refractivity contribution in [3.63, 3.8) is 0 Å². The summed E-state index contributed by atoms with van der Waals surface area (Å²) in [5.41, 5.74) is 2.32. The molecule has 4 rings (SSSR count). The van der Waals surface area contributed by atoms with E-state index < -0.39 is 0 Å². The van der Waals surface area contributed by atoms with Crippen LogP contribution in [0.5, 0.6) is 0 Å². The molecule has 0 fully saturated rings. The molecule has 4 aromatic rings. The zero-order valence-electron chi connectivity index (χ0n) is 13.7. The van der Waals surface area contributed by atoms with Gasteiger partial charge in [-0.3, -0.25) is 14.7 Å². The molecular weight excluding hydrogens is 410 g/mol. The fourth-order valence-electron chi connectivity index (χ4n) is 2.62. The minimum Gasteiger partial charge on any atom is -0.278 e. The molecule has 0 atom stereocenters. The summed E-state index contributed by atoms with van der Waals surface area (Å²) in [6, 6.07) is 20.9. The van der Waals surface area contributed by atoms with Crippen LogP contribution in [0.3, 0.4) is 0 Å². The van der Waals surface area contributed by atoms with Crippen molar-refractivity contribution in [3.05, 3.63) is 88.7 Å². The smallest absolute Gasteiger partial charge is 0.260 e. The molecule has 0 aliphatic rings. The molecule has 0 spiro atoms. The number of fused-ring (bicyclic) bond motifs is 1. The Bertz CT molecular complexity index is 1050. The lowest BCUT2D eigenvalue weighted by atomic mass is 10.2. The molecular formula is C20H14BrN3OS. The summed E-state index contributed by atoms with van der Waals surface area (Å²) >= 11 is 4.98. The van der Waals surface area contributed by atoms with Gasteiger partial charge in [-0.1, -0.05) is 51.5 Å². The zero-order valence-corrected chi connectivity index (χ0v) is 16.1. The minimum atomic E-state index is -0.0885. The van der Waals surface area contributed by atoms with Crippen LogP contribution in [0, 0.1) is 0 Å². The Kier molecular flexibility index (Phi) is 4.77. The topological polar surface area (TPSA) is 46.1 Å². The number of rotatable bonds is 4. The lowest BCUT2D eigenvalue weighted by Crippen LogP contribution is -2.30. The molecule has 128 valence electrons. The third kappa shape index (κ3) is 3.52. The molecule has 4 nitrogen and oxygen atoms in total. The average Bonchev–Trinajstić information content (AvgIpc) is 3.10. The van der Waals surface area contributed by atoms with Crippen LogP contribution in [-0.2, 0) is 6.54 Å². The Morgan fingerprint density at radius 2 is 1.85 bits per heavy atom. The monoisotopic (exact) mass is 423 g/mol. The summed E-state index contributed by atoms with van der Waals surface area (Å²) in [4.78, 5) is 23.9. The highest BCUT2D eigenvalue weighted by molar-refractivity contribution is 9.10. The molecule has 0 aliphatic carbocycles. The number of amides is 1. The normalized spacial score (nSPS) is 10.8. The second kappa shape index (κ2) is 7.35. The van der Waals surface area contributed by atoms with Crippen LogP contribution in [0.1, 0.15) is 16.1 Å². The Balaban J connectivity index is 1.77. The van der Waals surface area contributed by atoms with Gasteiger partial charge in [-0.15, -0.1) is 0 Å². The molecule has 1 amide bonds. The average molecular weight is 424 g/mol. The number of carbonyl (C=O) groups is 1. The molecule has 6 heteroatoms. The van der Waals surface area contributed by atoms with Gasteiger partial charge < -0.3 is 0 Å². The molecule has 26 heavy (non-hydrogen) atoms. The van der Waals surface area contributed by atoms with Crippen LogP contribution in [-0.4, -0.2) is 15.9 Å². The molecule has 0 unspecified atom stereocenters. The maximum absolute atomic E-state index is 13.1. The van der Waals surface area contributed by atoms with Gasteiger partial charge in [-0.2, -0.15) is 0 Å². The highest BCUT2D eigenvalue weighted by atomic mass is 79.9. The summed E-state index contributed by atoms with van der Waals surface area (Å²) in [5, 5.41) is 0.664. The largest absolute Gasteiger partial charge is 0.278 e. The van der Waals surface area contributed by atoms with Crippen molar-refractivity contribution >= 4 is 48.5 Å². The van der Waals surface area contributed by atoms with Crippen LogP contribution >= 0.6 is 27.3 Å². The van der Waals surface area contributed by atoms with Crippen molar-refractivity contribution in [3.8, 4) is 0 Å². The molecule has 0 aliphatic heterocycles. The molecule has 2 heterocycles. The van der Waals surface area contributed by atoms with E-state index in [0.29, 0.717) is 17.2 Å². The highest BCUT2D eigenvalue weighted by Crippen LogP contribution is 2.32. The van der Waals surface area contributed by atoms with Crippen LogP contribution < -0.4 is 4.90 Å². The first-order valence-corrected chi connectivity index (χ1v) is 9.64. The maximum atomic E-state index is 13.1. The highest BCUT2D eigenvalue weighted by Gasteiger charge is 2.22. The van der Waals surface area contributed by atoms with E-state index in [1.54, 1.807) is 11.1 Å². The number of hydrogen-bond donors (Lipinski definition) is 0. The van der Waals surface area contributed by atoms with Crippen LogP contribution in [0.2, 0.25) is 0 Å². The zero-order chi connectivity index (χ0) is 17.9. The Hall–Kier alpha value is -2.57. The van der Waals surface area contributed by atoms with Crippen molar-refractivity contribution in [1.29, 1.82) is 0 Å². The molecule has 0 saturated carbocycles. The van der Waals surface area contributed by atoms with Gasteiger partial charge in [-0.25, -0.2) is 4.98 Å². The number of benzene rings is 2. The lowest BCUT2D eigenvalue weighted by molar-refractivity contribution is 0.0985. The number of halogens is 1. The van der Waals surface area contributed by atoms with E-state index in [4.69, 9.17) is 0 Å². The van der Waals surface area contributed by atoms with Crippen LogP contribution in [0.4, 0.5) is 5.13 Å². The number of nitrogens with zero attached hydrogens (tertiary/aromatic N) is 3. The van der Waals surface area contributed by atoms with Crippen molar-refractivity contribution in [2.24, 2.45) is 0 Å². The van der Waals surface area contributed by atoms with Gasteiger partial charge in [-0.05, 0) is 42.5 Å². The maximum Gasteiger partial charge on any atom is 0.260 e. The molecule has 0 bridgehead atoms. The Morgan fingerprint density at radius 3 is 2.62 bits per heavy atom. The third-order valence-corrected chi connectivity index (χ3v) is 5.42. The second-order valence-electron chi connectivity index (χ2n) is 5.69. The first-order chi connectivity index (χ1) is 12.7. The third-order valence-electron chi connectivity index (χ3n) is 3.88. The van der Waals surface area contributed by atoms with Crippen LogP contribution in [0.15, 0.2) is 77.4 Å². The predicted molar refractivity (Wildman–Crippen MR) is 109 cm³/mol. The quantitative estimate of drug-likeness (QED) is 0.447. The Labute approximate surface area is 163 Å². The molecule has 2 aromatic carbocycles. The van der Waals surface area contributed by atoms with E-state index >= 15 is 0 Å². The van der Waals surface area contributed by atoms with Crippen molar-refractivity contribution in [2.75, 3.05) is 4.90 Å². The number of aromatic nitrogens is 2. The molecule has 0 saturated heterocycles. The van der Waals surface area contributed by atoms with Gasteiger partial charge in [0.15, 0.2) is 5.13 Å². The van der Waals surface area contributed by atoms with Gasteiger partial charge in [0.05, 0.1) is 22.5 Å².